The van der Waals surface area contributed by atoms with Crippen molar-refractivity contribution in [3.05, 3.63) is 35.4 Å². The van der Waals surface area contributed by atoms with Gasteiger partial charge in [-0.1, -0.05) is 43.5 Å². The molecule has 1 atom stereocenters. The first-order valence-electron chi connectivity index (χ1n) is 7.13. The zero-order valence-electron chi connectivity index (χ0n) is 10.4. The van der Waals surface area contributed by atoms with Crippen LogP contribution in [0.15, 0.2) is 24.3 Å². The van der Waals surface area contributed by atoms with Gasteiger partial charge in [-0.2, -0.15) is 0 Å². The van der Waals surface area contributed by atoms with Gasteiger partial charge in [0.05, 0.1) is 6.10 Å². The Hall–Kier alpha value is -0.820. The summed E-state index contributed by atoms with van der Waals surface area (Å²) in [5, 5.41) is 10.6. The zero-order chi connectivity index (χ0) is 11.7. The van der Waals surface area contributed by atoms with Crippen LogP contribution in [0.5, 0.6) is 0 Å². The minimum Gasteiger partial charge on any atom is -0.388 e. The Morgan fingerprint density at radius 2 is 1.65 bits per heavy atom. The van der Waals surface area contributed by atoms with Gasteiger partial charge in [-0.15, -0.1) is 0 Å². The standard InChI is InChI=1S/C16H22O/c17-16(13-6-2-1-3-7-13)15-9-5-4-8-14(15)12-10-11-12/h4-5,8-9,12-13,16-17H,1-3,6-7,10-11H2. The van der Waals surface area contributed by atoms with Gasteiger partial charge in [0, 0.05) is 0 Å². The molecule has 1 aromatic carbocycles. The lowest BCUT2D eigenvalue weighted by Crippen LogP contribution is -2.17. The minimum atomic E-state index is -0.216. The molecule has 1 aromatic rings. The predicted octanol–water partition coefficient (Wildman–Crippen LogP) is 4.18. The van der Waals surface area contributed by atoms with Gasteiger partial charge >= 0.3 is 0 Å². The van der Waals surface area contributed by atoms with Crippen molar-refractivity contribution in [3.8, 4) is 0 Å². The Kier molecular flexibility index (Phi) is 3.19. The third kappa shape index (κ3) is 2.40. The van der Waals surface area contributed by atoms with E-state index in [-0.39, 0.29) is 6.10 Å². The topological polar surface area (TPSA) is 20.2 Å². The van der Waals surface area contributed by atoms with Gasteiger partial charge in [0.25, 0.3) is 0 Å². The third-order valence-corrected chi connectivity index (χ3v) is 4.43. The summed E-state index contributed by atoms with van der Waals surface area (Å²) in [7, 11) is 0. The second kappa shape index (κ2) is 4.81. The van der Waals surface area contributed by atoms with Crippen molar-refractivity contribution >= 4 is 0 Å². The van der Waals surface area contributed by atoms with Crippen molar-refractivity contribution in [1.82, 2.24) is 0 Å². The van der Waals surface area contributed by atoms with Crippen LogP contribution < -0.4 is 0 Å². The number of rotatable bonds is 3. The number of aliphatic hydroxyl groups is 1. The molecular weight excluding hydrogens is 208 g/mol. The summed E-state index contributed by atoms with van der Waals surface area (Å²) in [6.07, 6.45) is 8.78. The first kappa shape index (κ1) is 11.3. The van der Waals surface area contributed by atoms with E-state index in [0.29, 0.717) is 5.92 Å². The summed E-state index contributed by atoms with van der Waals surface area (Å²) >= 11 is 0. The molecule has 0 spiro atoms. The molecular formula is C16H22O. The van der Waals surface area contributed by atoms with Gasteiger partial charge < -0.3 is 5.11 Å². The van der Waals surface area contributed by atoms with Gasteiger partial charge in [0.15, 0.2) is 0 Å². The Labute approximate surface area is 104 Å². The molecule has 0 amide bonds. The van der Waals surface area contributed by atoms with Gasteiger partial charge in [-0.3, -0.25) is 0 Å². The van der Waals surface area contributed by atoms with Crippen LogP contribution >= 0.6 is 0 Å². The SMILES string of the molecule is OC(c1ccccc1C1CC1)C1CCCCC1. The maximum Gasteiger partial charge on any atom is 0.0820 e. The van der Waals surface area contributed by atoms with Crippen molar-refractivity contribution in [1.29, 1.82) is 0 Å². The fourth-order valence-corrected chi connectivity index (χ4v) is 3.25. The van der Waals surface area contributed by atoms with E-state index < -0.39 is 0 Å². The summed E-state index contributed by atoms with van der Waals surface area (Å²) in [6.45, 7) is 0. The molecule has 0 radical (unpaired) electrons. The third-order valence-electron chi connectivity index (χ3n) is 4.43. The largest absolute Gasteiger partial charge is 0.388 e. The van der Waals surface area contributed by atoms with Crippen LogP contribution in [0.25, 0.3) is 0 Å². The zero-order valence-corrected chi connectivity index (χ0v) is 10.4. The van der Waals surface area contributed by atoms with E-state index in [1.165, 1.54) is 56.1 Å². The average Bonchev–Trinajstić information content (AvgIpc) is 3.23. The summed E-state index contributed by atoms with van der Waals surface area (Å²) in [6, 6.07) is 8.56. The Morgan fingerprint density at radius 3 is 2.35 bits per heavy atom. The van der Waals surface area contributed by atoms with Crippen LogP contribution in [-0.4, -0.2) is 5.11 Å². The van der Waals surface area contributed by atoms with Crippen molar-refractivity contribution in [2.24, 2.45) is 5.92 Å². The van der Waals surface area contributed by atoms with E-state index >= 15 is 0 Å². The normalized spacial score (nSPS) is 23.6. The summed E-state index contributed by atoms with van der Waals surface area (Å²) < 4.78 is 0. The molecule has 0 bridgehead atoms. The molecule has 2 aliphatic carbocycles. The summed E-state index contributed by atoms with van der Waals surface area (Å²) in [5.74, 6) is 1.24. The number of benzene rings is 1. The highest BCUT2D eigenvalue weighted by molar-refractivity contribution is 5.35. The van der Waals surface area contributed by atoms with Crippen LogP contribution in [0.1, 0.15) is 68.1 Å². The number of hydrogen-bond donors (Lipinski definition) is 1. The van der Waals surface area contributed by atoms with Crippen molar-refractivity contribution in [2.75, 3.05) is 0 Å². The first-order valence-corrected chi connectivity index (χ1v) is 7.13. The van der Waals surface area contributed by atoms with Gasteiger partial charge in [0.1, 0.15) is 0 Å². The van der Waals surface area contributed by atoms with Crippen molar-refractivity contribution in [3.63, 3.8) is 0 Å². The fraction of sp³-hybridized carbons (Fsp3) is 0.625. The molecule has 3 rings (SSSR count). The van der Waals surface area contributed by atoms with E-state index in [1.54, 1.807) is 0 Å². The molecule has 92 valence electrons. The molecule has 0 saturated heterocycles. The Bertz CT molecular complexity index is 375. The lowest BCUT2D eigenvalue weighted by Gasteiger charge is -2.28. The molecule has 2 fully saturated rings. The van der Waals surface area contributed by atoms with Crippen LogP contribution in [0.2, 0.25) is 0 Å². The maximum absolute atomic E-state index is 10.6. The van der Waals surface area contributed by atoms with Crippen LogP contribution in [0.4, 0.5) is 0 Å². The van der Waals surface area contributed by atoms with Gasteiger partial charge in [0.2, 0.25) is 0 Å². The molecule has 1 N–H and O–H groups in total. The fourth-order valence-electron chi connectivity index (χ4n) is 3.25. The molecule has 2 saturated carbocycles. The molecule has 0 heterocycles. The molecule has 1 unspecified atom stereocenters. The first-order chi connectivity index (χ1) is 8.36. The van der Waals surface area contributed by atoms with Gasteiger partial charge in [-0.25, -0.2) is 0 Å². The molecule has 2 aliphatic rings. The van der Waals surface area contributed by atoms with E-state index in [0.717, 1.165) is 5.92 Å². The smallest absolute Gasteiger partial charge is 0.0820 e. The second-order valence-electron chi connectivity index (χ2n) is 5.75. The van der Waals surface area contributed by atoms with Gasteiger partial charge in [-0.05, 0) is 48.6 Å². The molecule has 0 aromatic heterocycles. The average molecular weight is 230 g/mol. The number of hydrogen-bond acceptors (Lipinski definition) is 1. The monoisotopic (exact) mass is 230 g/mol. The maximum atomic E-state index is 10.6. The van der Waals surface area contributed by atoms with E-state index in [9.17, 15) is 5.11 Å². The highest BCUT2D eigenvalue weighted by Crippen LogP contribution is 2.45. The van der Waals surface area contributed by atoms with Crippen LogP contribution in [-0.2, 0) is 0 Å². The minimum absolute atomic E-state index is 0.216. The molecule has 17 heavy (non-hydrogen) atoms. The second-order valence-corrected chi connectivity index (χ2v) is 5.75. The highest BCUT2D eigenvalue weighted by Gasteiger charge is 2.30. The Balaban J connectivity index is 1.81. The summed E-state index contributed by atoms with van der Waals surface area (Å²) in [4.78, 5) is 0. The summed E-state index contributed by atoms with van der Waals surface area (Å²) in [5.41, 5.74) is 2.65. The number of aliphatic hydroxyl groups excluding tert-OH is 1. The van der Waals surface area contributed by atoms with Crippen LogP contribution in [0, 0.1) is 5.92 Å². The van der Waals surface area contributed by atoms with E-state index in [2.05, 4.69) is 24.3 Å². The molecule has 1 heteroatoms. The lowest BCUT2D eigenvalue weighted by atomic mass is 9.81. The molecule has 1 nitrogen and oxygen atoms in total. The van der Waals surface area contributed by atoms with Crippen molar-refractivity contribution < 1.29 is 5.11 Å². The van der Waals surface area contributed by atoms with Crippen LogP contribution in [0.3, 0.4) is 0 Å². The van der Waals surface area contributed by atoms with E-state index in [1.807, 2.05) is 0 Å². The highest BCUT2D eigenvalue weighted by atomic mass is 16.3. The molecule has 0 aliphatic heterocycles. The van der Waals surface area contributed by atoms with Crippen molar-refractivity contribution in [2.45, 2.75) is 57.0 Å². The predicted molar refractivity (Wildman–Crippen MR) is 70.0 cm³/mol. The van der Waals surface area contributed by atoms with E-state index in [4.69, 9.17) is 0 Å². The lowest BCUT2D eigenvalue weighted by molar-refractivity contribution is 0.0840. The quantitative estimate of drug-likeness (QED) is 0.826. The Morgan fingerprint density at radius 1 is 0.941 bits per heavy atom.